The fourth-order valence-corrected chi connectivity index (χ4v) is 1.60. The molecule has 0 saturated carbocycles. The Morgan fingerprint density at radius 1 is 1.36 bits per heavy atom. The summed E-state index contributed by atoms with van der Waals surface area (Å²) >= 11 is 0. The van der Waals surface area contributed by atoms with Crippen molar-refractivity contribution < 1.29 is 32.6 Å². The fourth-order valence-electron chi connectivity index (χ4n) is 1.60. The summed E-state index contributed by atoms with van der Waals surface area (Å²) in [7, 11) is 0. The number of Topliss-reactive ketones (excluding diaryl/α,β-unsaturated/α-hetero) is 1. The van der Waals surface area contributed by atoms with Crippen molar-refractivity contribution in [2.24, 2.45) is 5.73 Å². The molecule has 0 bridgehead atoms. The molecule has 0 radical (unpaired) electrons. The second-order valence-electron chi connectivity index (χ2n) is 4.98. The summed E-state index contributed by atoms with van der Waals surface area (Å²) in [5.74, 6) is -2.75. The van der Waals surface area contributed by atoms with Crippen molar-refractivity contribution in [3.63, 3.8) is 0 Å². The number of benzene rings is 1. The number of hydrogen-bond acceptors (Lipinski definition) is 4. The summed E-state index contributed by atoms with van der Waals surface area (Å²) in [6.07, 6.45) is -4.50. The van der Waals surface area contributed by atoms with Crippen molar-refractivity contribution in [2.45, 2.75) is 31.2 Å². The van der Waals surface area contributed by atoms with Gasteiger partial charge in [-0.2, -0.15) is 13.2 Å². The summed E-state index contributed by atoms with van der Waals surface area (Å²) in [5, 5.41) is 7.12. The van der Waals surface area contributed by atoms with E-state index < -0.39 is 23.8 Å². The molecule has 1 heterocycles. The molecule has 8 heteroatoms. The van der Waals surface area contributed by atoms with Crippen LogP contribution < -0.4 is 5.73 Å². The zero-order valence-corrected chi connectivity index (χ0v) is 11.8. The van der Waals surface area contributed by atoms with E-state index in [1.165, 1.54) is 0 Å². The molecule has 2 rings (SSSR count). The summed E-state index contributed by atoms with van der Waals surface area (Å²) in [4.78, 5) is 20.7. The third kappa shape index (κ3) is 5.45. The van der Waals surface area contributed by atoms with Gasteiger partial charge in [0.15, 0.2) is 5.78 Å². The molecule has 1 aliphatic heterocycles. The van der Waals surface area contributed by atoms with Gasteiger partial charge in [0.05, 0.1) is 12.6 Å². The van der Waals surface area contributed by atoms with E-state index in [0.717, 1.165) is 5.56 Å². The zero-order valence-electron chi connectivity index (χ0n) is 11.8. The van der Waals surface area contributed by atoms with Crippen molar-refractivity contribution in [1.29, 1.82) is 0 Å². The van der Waals surface area contributed by atoms with Crippen LogP contribution in [0, 0.1) is 0 Å². The smallest absolute Gasteiger partial charge is 0.475 e. The van der Waals surface area contributed by atoms with Crippen LogP contribution in [0.25, 0.3) is 0 Å². The maximum absolute atomic E-state index is 11.8. The van der Waals surface area contributed by atoms with Crippen LogP contribution >= 0.6 is 0 Å². The van der Waals surface area contributed by atoms with Gasteiger partial charge in [0, 0.05) is 0 Å². The minimum Gasteiger partial charge on any atom is -0.475 e. The van der Waals surface area contributed by atoms with E-state index in [1.54, 1.807) is 6.92 Å². The van der Waals surface area contributed by atoms with Crippen molar-refractivity contribution in [2.75, 3.05) is 6.61 Å². The van der Waals surface area contributed by atoms with Gasteiger partial charge < -0.3 is 15.6 Å². The molecule has 3 N–H and O–H groups in total. The van der Waals surface area contributed by atoms with Gasteiger partial charge in [0.1, 0.15) is 5.60 Å². The molecule has 1 aliphatic rings. The van der Waals surface area contributed by atoms with Crippen molar-refractivity contribution in [3.8, 4) is 0 Å². The SMILES string of the molecule is C[C@]1(C(=O)C(N)Cc2ccccc2)CO1.O=C(O)C(F)(F)F. The van der Waals surface area contributed by atoms with Gasteiger partial charge in [0.25, 0.3) is 0 Å². The third-order valence-corrected chi connectivity index (χ3v) is 2.98. The number of carbonyl (C=O) groups is 2. The van der Waals surface area contributed by atoms with E-state index in [9.17, 15) is 18.0 Å². The third-order valence-electron chi connectivity index (χ3n) is 2.98. The monoisotopic (exact) mass is 319 g/mol. The largest absolute Gasteiger partial charge is 0.490 e. The first-order valence-electron chi connectivity index (χ1n) is 6.34. The molecule has 1 aromatic rings. The standard InChI is InChI=1S/C12H15NO2.C2HF3O2/c1-12(8-15-12)11(14)10(13)7-9-5-3-2-4-6-9;3-2(4,5)1(6)7/h2-6,10H,7-8,13H2,1H3;(H,6,7)/t10?,12-;/m1./s1. The number of halogens is 3. The fraction of sp³-hybridized carbons (Fsp3) is 0.429. The number of aliphatic carboxylic acids is 1. The lowest BCUT2D eigenvalue weighted by Crippen LogP contribution is -2.40. The predicted octanol–water partition coefficient (Wildman–Crippen LogP) is 1.55. The van der Waals surface area contributed by atoms with Crippen LogP contribution in [-0.2, 0) is 20.7 Å². The summed E-state index contributed by atoms with van der Waals surface area (Å²) in [6, 6.07) is 9.33. The van der Waals surface area contributed by atoms with Gasteiger partial charge in [0.2, 0.25) is 0 Å². The Hall–Kier alpha value is -1.93. The van der Waals surface area contributed by atoms with E-state index in [2.05, 4.69) is 0 Å². The molecule has 1 unspecified atom stereocenters. The summed E-state index contributed by atoms with van der Waals surface area (Å²) in [6.45, 7) is 2.30. The van der Waals surface area contributed by atoms with Crippen molar-refractivity contribution >= 4 is 11.8 Å². The number of carboxylic acid groups (broad SMARTS) is 1. The highest BCUT2D eigenvalue weighted by Crippen LogP contribution is 2.28. The first-order valence-corrected chi connectivity index (χ1v) is 6.34. The second-order valence-corrected chi connectivity index (χ2v) is 4.98. The molecule has 22 heavy (non-hydrogen) atoms. The first kappa shape index (κ1) is 18.1. The molecule has 1 saturated heterocycles. The number of ketones is 1. The molecule has 0 aliphatic carbocycles. The van der Waals surface area contributed by atoms with E-state index in [1.807, 2.05) is 30.3 Å². The normalized spacial score (nSPS) is 21.3. The topological polar surface area (TPSA) is 92.9 Å². The molecule has 0 aromatic heterocycles. The molecule has 5 nitrogen and oxygen atoms in total. The van der Waals surface area contributed by atoms with Gasteiger partial charge in [-0.15, -0.1) is 0 Å². The number of carboxylic acids is 1. The molecule has 0 amide bonds. The lowest BCUT2D eigenvalue weighted by Gasteiger charge is -2.12. The van der Waals surface area contributed by atoms with Gasteiger partial charge in [-0.3, -0.25) is 4.79 Å². The Kier molecular flexibility index (Phi) is 5.67. The number of hydrogen-bond donors (Lipinski definition) is 2. The van der Waals surface area contributed by atoms with Crippen LogP contribution in [-0.4, -0.2) is 41.3 Å². The highest BCUT2D eigenvalue weighted by Gasteiger charge is 2.48. The second kappa shape index (κ2) is 6.89. The number of rotatable bonds is 4. The zero-order chi connectivity index (χ0) is 17.0. The van der Waals surface area contributed by atoms with E-state index in [0.29, 0.717) is 13.0 Å². The molecular formula is C14H16F3NO4. The summed E-state index contributed by atoms with van der Waals surface area (Å²) in [5.41, 5.74) is 6.33. The molecule has 2 atom stereocenters. The average molecular weight is 319 g/mol. The van der Waals surface area contributed by atoms with Crippen LogP contribution in [0.3, 0.4) is 0 Å². The van der Waals surface area contributed by atoms with Crippen LogP contribution in [0.1, 0.15) is 12.5 Å². The Morgan fingerprint density at radius 3 is 2.18 bits per heavy atom. The maximum atomic E-state index is 11.8. The van der Waals surface area contributed by atoms with E-state index in [4.69, 9.17) is 20.4 Å². The van der Waals surface area contributed by atoms with Crippen LogP contribution in [0.5, 0.6) is 0 Å². The summed E-state index contributed by atoms with van der Waals surface area (Å²) < 4.78 is 36.8. The lowest BCUT2D eigenvalue weighted by atomic mass is 9.96. The van der Waals surface area contributed by atoms with Gasteiger partial charge in [-0.1, -0.05) is 30.3 Å². The van der Waals surface area contributed by atoms with Crippen LogP contribution in [0.2, 0.25) is 0 Å². The molecule has 1 fully saturated rings. The molecule has 0 spiro atoms. The Bertz CT molecular complexity index is 527. The predicted molar refractivity (Wildman–Crippen MR) is 71.2 cm³/mol. The number of nitrogens with two attached hydrogens (primary N) is 1. The van der Waals surface area contributed by atoms with E-state index in [-0.39, 0.29) is 5.78 Å². The number of alkyl halides is 3. The van der Waals surface area contributed by atoms with Gasteiger partial charge in [-0.05, 0) is 18.9 Å². The lowest BCUT2D eigenvalue weighted by molar-refractivity contribution is -0.192. The molecule has 122 valence electrons. The minimum absolute atomic E-state index is 0.00588. The van der Waals surface area contributed by atoms with Crippen molar-refractivity contribution in [1.82, 2.24) is 0 Å². The van der Waals surface area contributed by atoms with Gasteiger partial charge >= 0.3 is 12.1 Å². The number of epoxide rings is 1. The number of carbonyl (C=O) groups excluding carboxylic acids is 1. The Labute approximate surface area is 124 Å². The van der Waals surface area contributed by atoms with Crippen molar-refractivity contribution in [3.05, 3.63) is 35.9 Å². The molecule has 1 aromatic carbocycles. The Morgan fingerprint density at radius 2 is 1.82 bits per heavy atom. The Balaban J connectivity index is 0.000000295. The van der Waals surface area contributed by atoms with Crippen LogP contribution in [0.4, 0.5) is 13.2 Å². The van der Waals surface area contributed by atoms with Crippen LogP contribution in [0.15, 0.2) is 30.3 Å². The van der Waals surface area contributed by atoms with Gasteiger partial charge in [-0.25, -0.2) is 4.79 Å². The first-order chi connectivity index (χ1) is 10.1. The highest BCUT2D eigenvalue weighted by atomic mass is 19.4. The quantitative estimate of drug-likeness (QED) is 0.821. The average Bonchev–Trinajstić information content (AvgIpc) is 3.18. The molecular weight excluding hydrogens is 303 g/mol. The minimum atomic E-state index is -5.08. The highest BCUT2D eigenvalue weighted by molar-refractivity contribution is 5.93. The van der Waals surface area contributed by atoms with E-state index >= 15 is 0 Å². The maximum Gasteiger partial charge on any atom is 0.490 e. The number of ether oxygens (including phenoxy) is 1.